The maximum atomic E-state index is 6.05. The Bertz CT molecular complexity index is 646. The van der Waals surface area contributed by atoms with Gasteiger partial charge in [0.05, 0.1) is 6.10 Å². The first kappa shape index (κ1) is 15.2. The maximum absolute atomic E-state index is 6.05. The first-order valence-corrected chi connectivity index (χ1v) is 7.98. The summed E-state index contributed by atoms with van der Waals surface area (Å²) in [4.78, 5) is 8.54. The molecule has 0 aromatic carbocycles. The molecule has 0 bridgehead atoms. The van der Waals surface area contributed by atoms with Gasteiger partial charge in [-0.25, -0.2) is 4.98 Å². The largest absolute Gasteiger partial charge is 0.377 e. The van der Waals surface area contributed by atoms with Gasteiger partial charge in [0.15, 0.2) is 0 Å². The van der Waals surface area contributed by atoms with Gasteiger partial charge in [-0.05, 0) is 25.2 Å². The minimum atomic E-state index is 0.156. The van der Waals surface area contributed by atoms with Crippen molar-refractivity contribution < 1.29 is 4.74 Å². The third-order valence-electron chi connectivity index (χ3n) is 4.22. The third-order valence-corrected chi connectivity index (χ3v) is 4.22. The van der Waals surface area contributed by atoms with Gasteiger partial charge in [-0.3, -0.25) is 0 Å². The van der Waals surface area contributed by atoms with Gasteiger partial charge < -0.3 is 10.1 Å². The van der Waals surface area contributed by atoms with Crippen molar-refractivity contribution in [2.45, 2.75) is 46.6 Å². The molecule has 0 amide bonds. The monoisotopic (exact) mass is 303 g/mol. The van der Waals surface area contributed by atoms with Crippen LogP contribution in [0, 0.1) is 18.3 Å². The van der Waals surface area contributed by atoms with Gasteiger partial charge in [-0.15, -0.1) is 0 Å². The molecule has 6 heteroatoms. The van der Waals surface area contributed by atoms with Crippen LogP contribution in [-0.2, 0) is 4.74 Å². The number of aromatic nitrogens is 4. The van der Waals surface area contributed by atoms with Crippen LogP contribution in [0.4, 0.5) is 5.82 Å². The quantitative estimate of drug-likeness (QED) is 0.944. The molecule has 120 valence electrons. The van der Waals surface area contributed by atoms with Crippen LogP contribution in [0.3, 0.4) is 0 Å². The summed E-state index contributed by atoms with van der Waals surface area (Å²) in [6.45, 7) is 10.5. The summed E-state index contributed by atoms with van der Waals surface area (Å²) in [6.07, 6.45) is 4.14. The predicted molar refractivity (Wildman–Crippen MR) is 85.9 cm³/mol. The topological polar surface area (TPSA) is 64.3 Å². The molecule has 2 aromatic heterocycles. The molecule has 0 spiro atoms. The Morgan fingerprint density at radius 2 is 2.23 bits per heavy atom. The lowest BCUT2D eigenvalue weighted by molar-refractivity contribution is -0.0814. The molecule has 1 aliphatic heterocycles. The van der Waals surface area contributed by atoms with E-state index < -0.39 is 0 Å². The molecule has 1 fully saturated rings. The van der Waals surface area contributed by atoms with Crippen LogP contribution < -0.4 is 5.32 Å². The van der Waals surface area contributed by atoms with Crippen molar-refractivity contribution in [3.8, 4) is 0 Å². The van der Waals surface area contributed by atoms with Gasteiger partial charge >= 0.3 is 0 Å². The molecule has 3 rings (SSSR count). The SMILES string of the molecule is Cc1cc(NCC2CCCOC2C(C)(C)C)n2ncnc2n1. The van der Waals surface area contributed by atoms with E-state index in [-0.39, 0.29) is 11.5 Å². The molecule has 0 saturated carbocycles. The van der Waals surface area contributed by atoms with Crippen LogP contribution in [0.25, 0.3) is 5.78 Å². The van der Waals surface area contributed by atoms with E-state index >= 15 is 0 Å². The second-order valence-electron chi connectivity index (χ2n) is 7.20. The number of ether oxygens (including phenoxy) is 1. The van der Waals surface area contributed by atoms with E-state index in [0.29, 0.717) is 11.7 Å². The highest BCUT2D eigenvalue weighted by atomic mass is 16.5. The number of nitrogens with zero attached hydrogens (tertiary/aromatic N) is 4. The normalized spacial score (nSPS) is 22.9. The molecule has 6 nitrogen and oxygen atoms in total. The molecule has 1 saturated heterocycles. The molecule has 2 aromatic rings. The van der Waals surface area contributed by atoms with E-state index in [0.717, 1.165) is 31.1 Å². The molecule has 3 heterocycles. The van der Waals surface area contributed by atoms with Crippen LogP contribution >= 0.6 is 0 Å². The Labute approximate surface area is 131 Å². The van der Waals surface area contributed by atoms with E-state index in [2.05, 4.69) is 41.2 Å². The Balaban J connectivity index is 1.76. The second kappa shape index (κ2) is 5.83. The average Bonchev–Trinajstić information content (AvgIpc) is 2.92. The smallest absolute Gasteiger partial charge is 0.254 e. The lowest BCUT2D eigenvalue weighted by atomic mass is 9.78. The minimum absolute atomic E-state index is 0.156. The van der Waals surface area contributed by atoms with Crippen LogP contribution in [0.1, 0.15) is 39.3 Å². The highest BCUT2D eigenvalue weighted by Gasteiger charge is 2.35. The molecule has 1 aliphatic rings. The number of anilines is 1. The fourth-order valence-corrected chi connectivity index (χ4v) is 3.30. The highest BCUT2D eigenvalue weighted by molar-refractivity contribution is 5.44. The third kappa shape index (κ3) is 3.06. The van der Waals surface area contributed by atoms with Crippen molar-refractivity contribution in [1.82, 2.24) is 19.6 Å². The minimum Gasteiger partial charge on any atom is -0.377 e. The van der Waals surface area contributed by atoms with Crippen molar-refractivity contribution in [2.75, 3.05) is 18.5 Å². The Hall–Kier alpha value is -1.69. The van der Waals surface area contributed by atoms with Gasteiger partial charge in [-0.1, -0.05) is 20.8 Å². The fourth-order valence-electron chi connectivity index (χ4n) is 3.30. The lowest BCUT2D eigenvalue weighted by Crippen LogP contribution is -2.42. The molecular formula is C16H25N5O. The number of rotatable bonds is 3. The first-order valence-electron chi connectivity index (χ1n) is 7.98. The first-order chi connectivity index (χ1) is 10.4. The molecule has 0 radical (unpaired) electrons. The van der Waals surface area contributed by atoms with Crippen LogP contribution in [0.2, 0.25) is 0 Å². The number of aryl methyl sites for hydroxylation is 1. The van der Waals surface area contributed by atoms with E-state index in [1.165, 1.54) is 12.7 Å². The zero-order chi connectivity index (χ0) is 15.7. The molecule has 22 heavy (non-hydrogen) atoms. The summed E-state index contributed by atoms with van der Waals surface area (Å²) in [5.41, 5.74) is 1.10. The van der Waals surface area contributed by atoms with Crippen LogP contribution in [-0.4, -0.2) is 38.8 Å². The zero-order valence-corrected chi connectivity index (χ0v) is 13.8. The van der Waals surface area contributed by atoms with Gasteiger partial charge in [0.1, 0.15) is 12.1 Å². The van der Waals surface area contributed by atoms with Crippen LogP contribution in [0.5, 0.6) is 0 Å². The summed E-state index contributed by atoms with van der Waals surface area (Å²) < 4.78 is 7.81. The number of hydrogen-bond donors (Lipinski definition) is 1. The average molecular weight is 303 g/mol. The van der Waals surface area contributed by atoms with E-state index in [1.807, 2.05) is 13.0 Å². The summed E-state index contributed by atoms with van der Waals surface area (Å²) in [7, 11) is 0. The van der Waals surface area contributed by atoms with Crippen molar-refractivity contribution >= 4 is 11.6 Å². The van der Waals surface area contributed by atoms with Crippen molar-refractivity contribution in [2.24, 2.45) is 11.3 Å². The Kier molecular flexibility index (Phi) is 4.04. The van der Waals surface area contributed by atoms with Crippen LogP contribution in [0.15, 0.2) is 12.4 Å². The van der Waals surface area contributed by atoms with Gasteiger partial charge in [-0.2, -0.15) is 14.6 Å². The summed E-state index contributed by atoms with van der Waals surface area (Å²) in [5, 5.41) is 7.77. The summed E-state index contributed by atoms with van der Waals surface area (Å²) in [6, 6.07) is 2.01. The Morgan fingerprint density at radius 3 is 3.00 bits per heavy atom. The highest BCUT2D eigenvalue weighted by Crippen LogP contribution is 2.34. The van der Waals surface area contributed by atoms with E-state index in [4.69, 9.17) is 4.74 Å². The van der Waals surface area contributed by atoms with Gasteiger partial charge in [0.25, 0.3) is 5.78 Å². The number of nitrogens with one attached hydrogen (secondary N) is 1. The zero-order valence-electron chi connectivity index (χ0n) is 13.8. The summed E-state index contributed by atoms with van der Waals surface area (Å²) >= 11 is 0. The van der Waals surface area contributed by atoms with Gasteiger partial charge in [0.2, 0.25) is 0 Å². The molecule has 2 unspecified atom stereocenters. The fraction of sp³-hybridized carbons (Fsp3) is 0.688. The Morgan fingerprint density at radius 1 is 1.41 bits per heavy atom. The van der Waals surface area contributed by atoms with E-state index in [9.17, 15) is 0 Å². The van der Waals surface area contributed by atoms with E-state index in [1.54, 1.807) is 4.52 Å². The number of hydrogen-bond acceptors (Lipinski definition) is 5. The molecule has 1 N–H and O–H groups in total. The summed E-state index contributed by atoms with van der Waals surface area (Å²) in [5.74, 6) is 2.08. The van der Waals surface area contributed by atoms with Crippen molar-refractivity contribution in [3.05, 3.63) is 18.1 Å². The second-order valence-corrected chi connectivity index (χ2v) is 7.20. The van der Waals surface area contributed by atoms with Crippen molar-refractivity contribution in [3.63, 3.8) is 0 Å². The molecule has 2 atom stereocenters. The van der Waals surface area contributed by atoms with Gasteiger partial charge in [0, 0.05) is 30.8 Å². The maximum Gasteiger partial charge on any atom is 0.254 e. The lowest BCUT2D eigenvalue weighted by Gasteiger charge is -2.40. The predicted octanol–water partition coefficient (Wildman–Crippen LogP) is 2.69. The standard InChI is InChI=1S/C16H25N5O/c1-11-8-13(21-15(20-11)18-10-19-21)17-9-12-6-5-7-22-14(12)16(2,3)4/h8,10,12,14,17H,5-7,9H2,1-4H3. The van der Waals surface area contributed by atoms with Crippen molar-refractivity contribution in [1.29, 1.82) is 0 Å². The number of fused-ring (bicyclic) bond motifs is 1. The molecular weight excluding hydrogens is 278 g/mol. The molecule has 0 aliphatic carbocycles.